The Bertz CT molecular complexity index is 430. The first kappa shape index (κ1) is 11.9. The minimum absolute atomic E-state index is 0.813. The second-order valence-corrected chi connectivity index (χ2v) is 6.79. The van der Waals surface area contributed by atoms with E-state index in [1.807, 2.05) is 12.3 Å². The van der Waals surface area contributed by atoms with Gasteiger partial charge in [-0.2, -0.15) is 0 Å². The molecule has 102 valence electrons. The summed E-state index contributed by atoms with van der Waals surface area (Å²) < 4.78 is 0. The molecule has 2 bridgehead atoms. The molecule has 3 aliphatic rings. The maximum Gasteiger partial charge on any atom is 0.0416 e. The Balaban J connectivity index is 1.31. The average Bonchev–Trinajstić information content (AvgIpc) is 3.12. The number of nitrogens with zero attached hydrogens (tertiary/aromatic N) is 1. The van der Waals surface area contributed by atoms with Gasteiger partial charge in [-0.25, -0.2) is 0 Å². The van der Waals surface area contributed by atoms with Crippen LogP contribution in [-0.2, 0) is 6.42 Å². The molecule has 1 aromatic heterocycles. The van der Waals surface area contributed by atoms with Crippen LogP contribution in [0.25, 0.3) is 0 Å². The molecular formula is C17H24N2. The lowest BCUT2D eigenvalue weighted by Gasteiger charge is -2.32. The van der Waals surface area contributed by atoms with Crippen molar-refractivity contribution in [2.75, 3.05) is 6.54 Å². The van der Waals surface area contributed by atoms with E-state index in [1.165, 1.54) is 37.8 Å². The summed E-state index contributed by atoms with van der Waals surface area (Å²) >= 11 is 0. The molecule has 3 saturated carbocycles. The van der Waals surface area contributed by atoms with Crippen molar-refractivity contribution >= 4 is 0 Å². The molecule has 2 heteroatoms. The van der Waals surface area contributed by atoms with Crippen LogP contribution in [0.3, 0.4) is 0 Å². The lowest BCUT2D eigenvalue weighted by atomic mass is 9.79. The van der Waals surface area contributed by atoms with E-state index in [9.17, 15) is 0 Å². The van der Waals surface area contributed by atoms with Gasteiger partial charge in [0, 0.05) is 30.9 Å². The Kier molecular flexibility index (Phi) is 3.07. The van der Waals surface area contributed by atoms with E-state index < -0.39 is 0 Å². The molecule has 0 saturated heterocycles. The smallest absolute Gasteiger partial charge is 0.0416 e. The van der Waals surface area contributed by atoms with Crippen LogP contribution in [0.4, 0.5) is 0 Å². The SMILES string of the molecule is c1ccc(CCNC2CC3CC2C2CCCC32)nc1. The number of nitrogens with one attached hydrogen (secondary N) is 1. The van der Waals surface area contributed by atoms with Crippen molar-refractivity contribution in [2.45, 2.75) is 44.6 Å². The number of fused-ring (bicyclic) bond motifs is 5. The topological polar surface area (TPSA) is 24.9 Å². The second kappa shape index (κ2) is 4.90. The van der Waals surface area contributed by atoms with Crippen molar-refractivity contribution < 1.29 is 0 Å². The zero-order chi connectivity index (χ0) is 12.7. The molecule has 3 aliphatic carbocycles. The van der Waals surface area contributed by atoms with Gasteiger partial charge in [0.05, 0.1) is 0 Å². The van der Waals surface area contributed by atoms with Crippen LogP contribution in [0.15, 0.2) is 24.4 Å². The molecule has 5 unspecified atom stereocenters. The Labute approximate surface area is 116 Å². The van der Waals surface area contributed by atoms with Gasteiger partial charge in [0.15, 0.2) is 0 Å². The summed E-state index contributed by atoms with van der Waals surface area (Å²) in [6.45, 7) is 1.10. The summed E-state index contributed by atoms with van der Waals surface area (Å²) in [5, 5.41) is 3.83. The molecule has 3 fully saturated rings. The standard InChI is InChI=1S/C17H24N2/c1-2-8-18-13(4-1)7-9-19-17-11-12-10-16(17)15-6-3-5-14(12)15/h1-2,4,8,12,14-17,19H,3,5-7,9-11H2. The van der Waals surface area contributed by atoms with Crippen LogP contribution in [0.1, 0.15) is 37.8 Å². The van der Waals surface area contributed by atoms with Gasteiger partial charge in [-0.3, -0.25) is 4.98 Å². The number of hydrogen-bond acceptors (Lipinski definition) is 2. The molecule has 0 radical (unpaired) electrons. The van der Waals surface area contributed by atoms with Crippen LogP contribution < -0.4 is 5.32 Å². The van der Waals surface area contributed by atoms with Crippen LogP contribution in [0, 0.1) is 23.7 Å². The van der Waals surface area contributed by atoms with Gasteiger partial charge in [-0.1, -0.05) is 12.5 Å². The van der Waals surface area contributed by atoms with Gasteiger partial charge >= 0.3 is 0 Å². The minimum Gasteiger partial charge on any atom is -0.313 e. The third kappa shape index (κ3) is 2.10. The molecule has 0 amide bonds. The third-order valence-electron chi connectivity index (χ3n) is 5.94. The molecule has 2 nitrogen and oxygen atoms in total. The van der Waals surface area contributed by atoms with Gasteiger partial charge in [-0.05, 0) is 61.5 Å². The quantitative estimate of drug-likeness (QED) is 0.895. The van der Waals surface area contributed by atoms with E-state index in [-0.39, 0.29) is 0 Å². The third-order valence-corrected chi connectivity index (χ3v) is 5.94. The number of rotatable bonds is 4. The van der Waals surface area contributed by atoms with Crippen LogP contribution in [0.2, 0.25) is 0 Å². The summed E-state index contributed by atoms with van der Waals surface area (Å²) in [7, 11) is 0. The van der Waals surface area contributed by atoms with E-state index in [4.69, 9.17) is 0 Å². The zero-order valence-electron chi connectivity index (χ0n) is 11.6. The molecule has 0 aliphatic heterocycles. The number of aromatic nitrogens is 1. The molecule has 0 aromatic carbocycles. The van der Waals surface area contributed by atoms with Crippen LogP contribution in [0.5, 0.6) is 0 Å². The van der Waals surface area contributed by atoms with Gasteiger partial charge in [0.25, 0.3) is 0 Å². The van der Waals surface area contributed by atoms with Crippen molar-refractivity contribution in [3.05, 3.63) is 30.1 Å². The van der Waals surface area contributed by atoms with Gasteiger partial charge in [0.1, 0.15) is 0 Å². The Morgan fingerprint density at radius 2 is 2.05 bits per heavy atom. The predicted molar refractivity (Wildman–Crippen MR) is 76.8 cm³/mol. The fraction of sp³-hybridized carbons (Fsp3) is 0.706. The molecule has 19 heavy (non-hydrogen) atoms. The summed E-state index contributed by atoms with van der Waals surface area (Å²) in [6, 6.07) is 7.03. The van der Waals surface area contributed by atoms with Crippen LogP contribution in [-0.4, -0.2) is 17.6 Å². The fourth-order valence-corrected chi connectivity index (χ4v) is 5.23. The highest BCUT2D eigenvalue weighted by atomic mass is 14.9. The predicted octanol–water partition coefficient (Wildman–Crippen LogP) is 3.04. The second-order valence-electron chi connectivity index (χ2n) is 6.79. The summed E-state index contributed by atoms with van der Waals surface area (Å²) in [6.07, 6.45) is 10.5. The molecular weight excluding hydrogens is 232 g/mol. The Morgan fingerprint density at radius 1 is 1.11 bits per heavy atom. The lowest BCUT2D eigenvalue weighted by molar-refractivity contribution is 0.209. The Morgan fingerprint density at radius 3 is 2.95 bits per heavy atom. The van der Waals surface area contributed by atoms with E-state index in [0.717, 1.165) is 42.7 Å². The zero-order valence-corrected chi connectivity index (χ0v) is 11.6. The van der Waals surface area contributed by atoms with Crippen molar-refractivity contribution in [2.24, 2.45) is 23.7 Å². The fourth-order valence-electron chi connectivity index (χ4n) is 5.23. The average molecular weight is 256 g/mol. The molecule has 1 N–H and O–H groups in total. The van der Waals surface area contributed by atoms with E-state index in [2.05, 4.69) is 22.4 Å². The van der Waals surface area contributed by atoms with Gasteiger partial charge in [0.2, 0.25) is 0 Å². The summed E-state index contributed by atoms with van der Waals surface area (Å²) in [5.74, 6) is 4.25. The number of hydrogen-bond donors (Lipinski definition) is 1. The van der Waals surface area contributed by atoms with Crippen molar-refractivity contribution in [3.63, 3.8) is 0 Å². The van der Waals surface area contributed by atoms with E-state index >= 15 is 0 Å². The Hall–Kier alpha value is -0.890. The maximum atomic E-state index is 4.40. The highest BCUT2D eigenvalue weighted by Crippen LogP contribution is 2.58. The molecule has 0 spiro atoms. The largest absolute Gasteiger partial charge is 0.313 e. The molecule has 5 atom stereocenters. The number of pyridine rings is 1. The first-order valence-electron chi connectivity index (χ1n) is 8.05. The summed E-state index contributed by atoms with van der Waals surface area (Å²) in [5.41, 5.74) is 1.22. The first-order valence-corrected chi connectivity index (χ1v) is 8.05. The highest BCUT2D eigenvalue weighted by Gasteiger charge is 2.53. The molecule has 4 rings (SSSR count). The highest BCUT2D eigenvalue weighted by molar-refractivity contribution is 5.07. The van der Waals surface area contributed by atoms with E-state index in [1.54, 1.807) is 0 Å². The van der Waals surface area contributed by atoms with Crippen LogP contribution >= 0.6 is 0 Å². The first-order chi connectivity index (χ1) is 9.42. The normalized spacial score (nSPS) is 39.7. The minimum atomic E-state index is 0.813. The summed E-state index contributed by atoms with van der Waals surface area (Å²) in [4.78, 5) is 4.40. The van der Waals surface area contributed by atoms with E-state index in [0.29, 0.717) is 0 Å². The van der Waals surface area contributed by atoms with Crippen molar-refractivity contribution in [1.82, 2.24) is 10.3 Å². The lowest BCUT2D eigenvalue weighted by Crippen LogP contribution is -2.40. The van der Waals surface area contributed by atoms with Crippen molar-refractivity contribution in [1.29, 1.82) is 0 Å². The molecule has 1 aromatic rings. The maximum absolute atomic E-state index is 4.40. The van der Waals surface area contributed by atoms with Crippen molar-refractivity contribution in [3.8, 4) is 0 Å². The molecule has 1 heterocycles. The van der Waals surface area contributed by atoms with Gasteiger partial charge < -0.3 is 5.32 Å². The monoisotopic (exact) mass is 256 g/mol. The van der Waals surface area contributed by atoms with Gasteiger partial charge in [-0.15, -0.1) is 0 Å².